The molecule has 1 aromatic heterocycles. The molecule has 1 aromatic carbocycles. The number of phenolic OH excluding ortho intramolecular Hbond substituents is 1. The molecule has 5 nitrogen and oxygen atoms in total. The Morgan fingerprint density at radius 1 is 1.04 bits per heavy atom. The van der Waals surface area contributed by atoms with E-state index in [1.807, 2.05) is 12.1 Å². The van der Waals surface area contributed by atoms with Crippen LogP contribution in [0.4, 0.5) is 5.82 Å². The van der Waals surface area contributed by atoms with Gasteiger partial charge in [-0.1, -0.05) is 44.2 Å². The molecule has 0 radical (unpaired) electrons. The number of hydrogen-bond donors (Lipinski definition) is 2. The lowest BCUT2D eigenvalue weighted by molar-refractivity contribution is 0.475. The van der Waals surface area contributed by atoms with Crippen molar-refractivity contribution in [1.29, 1.82) is 0 Å². The number of anilines is 1. The summed E-state index contributed by atoms with van der Waals surface area (Å²) in [6, 6.07) is 10.5. The van der Waals surface area contributed by atoms with Crippen LogP contribution in [0.25, 0.3) is 0 Å². The maximum atomic E-state index is 9.46. The van der Waals surface area contributed by atoms with Crippen molar-refractivity contribution in [2.45, 2.75) is 45.4 Å². The first-order valence-electron chi connectivity index (χ1n) is 8.30. The first-order valence-corrected chi connectivity index (χ1v) is 8.68. The molecule has 0 unspecified atom stereocenters. The van der Waals surface area contributed by atoms with E-state index in [0.717, 1.165) is 24.1 Å². The van der Waals surface area contributed by atoms with E-state index in [9.17, 15) is 5.11 Å². The first kappa shape index (κ1) is 18.2. The predicted octanol–water partition coefficient (Wildman–Crippen LogP) is 5.01. The van der Waals surface area contributed by atoms with Crippen molar-refractivity contribution in [3.63, 3.8) is 0 Å². The third kappa shape index (κ3) is 6.16. The van der Waals surface area contributed by atoms with Crippen LogP contribution in [0.3, 0.4) is 0 Å². The first-order chi connectivity index (χ1) is 11.7. The second kappa shape index (κ2) is 9.88. The summed E-state index contributed by atoms with van der Waals surface area (Å²) in [7, 11) is 0. The van der Waals surface area contributed by atoms with Gasteiger partial charge in [0.05, 0.1) is 5.71 Å². The van der Waals surface area contributed by atoms with E-state index in [1.54, 1.807) is 24.3 Å². The largest absolute Gasteiger partial charge is 0.508 e. The Morgan fingerprint density at radius 2 is 1.79 bits per heavy atom. The fourth-order valence-electron chi connectivity index (χ4n) is 2.31. The number of aromatic hydroxyl groups is 1. The van der Waals surface area contributed by atoms with Crippen molar-refractivity contribution in [3.05, 3.63) is 47.1 Å². The Bertz CT molecular complexity index is 641. The Balaban J connectivity index is 2.04. The van der Waals surface area contributed by atoms with Gasteiger partial charge in [0.25, 0.3) is 0 Å². The lowest BCUT2D eigenvalue weighted by Gasteiger charge is -2.08. The van der Waals surface area contributed by atoms with Gasteiger partial charge in [0.15, 0.2) is 11.0 Å². The van der Waals surface area contributed by atoms with Gasteiger partial charge in [0.1, 0.15) is 5.75 Å². The van der Waals surface area contributed by atoms with Gasteiger partial charge in [-0.05, 0) is 54.8 Å². The lowest BCUT2D eigenvalue weighted by atomic mass is 10.0. The number of unbranched alkanes of at least 4 members (excludes halogenated alkanes) is 4. The smallest absolute Gasteiger partial charge is 0.168 e. The summed E-state index contributed by atoms with van der Waals surface area (Å²) in [6.07, 6.45) is 6.87. The highest BCUT2D eigenvalue weighted by molar-refractivity contribution is 6.29. The number of rotatable bonds is 9. The van der Waals surface area contributed by atoms with E-state index in [1.165, 1.54) is 25.7 Å². The van der Waals surface area contributed by atoms with Gasteiger partial charge in [-0.15, -0.1) is 10.2 Å². The Kier molecular flexibility index (Phi) is 7.49. The van der Waals surface area contributed by atoms with Gasteiger partial charge < -0.3 is 5.11 Å². The minimum Gasteiger partial charge on any atom is -0.508 e. The van der Waals surface area contributed by atoms with Crippen LogP contribution in [0.1, 0.15) is 51.0 Å². The maximum absolute atomic E-state index is 9.46. The van der Waals surface area contributed by atoms with Crippen LogP contribution in [-0.2, 0) is 0 Å². The molecule has 6 heteroatoms. The van der Waals surface area contributed by atoms with Crippen LogP contribution in [-0.4, -0.2) is 21.0 Å². The van der Waals surface area contributed by atoms with Gasteiger partial charge in [0, 0.05) is 0 Å². The normalized spacial score (nSPS) is 11.5. The molecular formula is C18H23ClN4O. The van der Waals surface area contributed by atoms with E-state index in [0.29, 0.717) is 11.0 Å². The van der Waals surface area contributed by atoms with Crippen molar-refractivity contribution in [1.82, 2.24) is 10.2 Å². The van der Waals surface area contributed by atoms with Gasteiger partial charge in [-0.25, -0.2) is 0 Å². The third-order valence-electron chi connectivity index (χ3n) is 3.66. The minimum absolute atomic E-state index is 0.248. The van der Waals surface area contributed by atoms with Gasteiger partial charge in [-0.3, -0.25) is 5.43 Å². The number of nitrogens with zero attached hydrogens (tertiary/aromatic N) is 3. The highest BCUT2D eigenvalue weighted by Crippen LogP contribution is 2.15. The molecule has 2 aromatic rings. The molecule has 0 spiro atoms. The van der Waals surface area contributed by atoms with Crippen molar-refractivity contribution < 1.29 is 5.11 Å². The van der Waals surface area contributed by atoms with Crippen molar-refractivity contribution in [2.75, 3.05) is 5.43 Å². The van der Waals surface area contributed by atoms with Gasteiger partial charge in [-0.2, -0.15) is 5.10 Å². The molecule has 24 heavy (non-hydrogen) atoms. The zero-order chi connectivity index (χ0) is 17.2. The molecule has 2 rings (SSSR count). The summed E-state index contributed by atoms with van der Waals surface area (Å²) in [4.78, 5) is 0. The van der Waals surface area contributed by atoms with Crippen LogP contribution in [0.5, 0.6) is 5.75 Å². The average Bonchev–Trinajstić information content (AvgIpc) is 2.60. The molecule has 0 amide bonds. The Labute approximate surface area is 147 Å². The minimum atomic E-state index is 0.248. The summed E-state index contributed by atoms with van der Waals surface area (Å²) < 4.78 is 0. The summed E-state index contributed by atoms with van der Waals surface area (Å²) in [6.45, 7) is 2.21. The molecule has 128 valence electrons. The van der Waals surface area contributed by atoms with E-state index in [4.69, 9.17) is 11.6 Å². The van der Waals surface area contributed by atoms with Gasteiger partial charge >= 0.3 is 0 Å². The predicted molar refractivity (Wildman–Crippen MR) is 98.7 cm³/mol. The molecule has 1 heterocycles. The zero-order valence-corrected chi connectivity index (χ0v) is 14.6. The highest BCUT2D eigenvalue weighted by Gasteiger charge is 2.05. The Morgan fingerprint density at radius 3 is 2.46 bits per heavy atom. The number of nitrogens with one attached hydrogen (secondary N) is 1. The molecule has 0 fully saturated rings. The van der Waals surface area contributed by atoms with Crippen molar-refractivity contribution in [2.24, 2.45) is 5.10 Å². The van der Waals surface area contributed by atoms with Gasteiger partial charge in [0.2, 0.25) is 0 Å². The fraction of sp³-hybridized carbons (Fsp3) is 0.389. The zero-order valence-electron chi connectivity index (χ0n) is 13.9. The molecule has 0 aliphatic heterocycles. The Hall–Kier alpha value is -2.14. The summed E-state index contributed by atoms with van der Waals surface area (Å²) >= 11 is 5.73. The lowest BCUT2D eigenvalue weighted by Crippen LogP contribution is -2.06. The van der Waals surface area contributed by atoms with Crippen LogP contribution in [0.2, 0.25) is 5.15 Å². The molecular weight excluding hydrogens is 324 g/mol. The quantitative estimate of drug-likeness (QED) is 0.380. The summed E-state index contributed by atoms with van der Waals surface area (Å²) in [5.74, 6) is 0.791. The third-order valence-corrected chi connectivity index (χ3v) is 3.86. The number of benzene rings is 1. The summed E-state index contributed by atoms with van der Waals surface area (Å²) in [5, 5.41) is 22.0. The van der Waals surface area contributed by atoms with Crippen LogP contribution in [0.15, 0.2) is 41.5 Å². The van der Waals surface area contributed by atoms with E-state index in [2.05, 4.69) is 27.6 Å². The topological polar surface area (TPSA) is 70.4 Å². The van der Waals surface area contributed by atoms with Crippen LogP contribution >= 0.6 is 11.6 Å². The molecule has 0 saturated heterocycles. The summed E-state index contributed by atoms with van der Waals surface area (Å²) in [5.41, 5.74) is 4.85. The number of aromatic nitrogens is 2. The fourth-order valence-corrected chi connectivity index (χ4v) is 2.42. The standard InChI is InChI=1S/C18H23ClN4O/c1-2-3-4-5-6-7-16(14-8-10-15(24)11-9-14)20-22-18-13-12-17(19)21-23-18/h8-13,24H,2-7H2,1H3,(H,22,23). The maximum Gasteiger partial charge on any atom is 0.168 e. The highest BCUT2D eigenvalue weighted by atomic mass is 35.5. The molecule has 2 N–H and O–H groups in total. The SMILES string of the molecule is CCCCCCCC(=NNc1ccc(Cl)nn1)c1ccc(O)cc1. The number of hydrazone groups is 1. The van der Waals surface area contributed by atoms with E-state index < -0.39 is 0 Å². The van der Waals surface area contributed by atoms with E-state index in [-0.39, 0.29) is 5.75 Å². The van der Waals surface area contributed by atoms with Crippen molar-refractivity contribution >= 4 is 23.1 Å². The average molecular weight is 347 g/mol. The molecule has 0 bridgehead atoms. The monoisotopic (exact) mass is 346 g/mol. The molecule has 0 atom stereocenters. The molecule has 0 saturated carbocycles. The molecule has 0 aliphatic rings. The number of hydrogen-bond acceptors (Lipinski definition) is 5. The number of halogens is 1. The van der Waals surface area contributed by atoms with E-state index >= 15 is 0 Å². The second-order valence-corrected chi connectivity index (χ2v) is 6.01. The molecule has 0 aliphatic carbocycles. The van der Waals surface area contributed by atoms with Crippen molar-refractivity contribution in [3.8, 4) is 5.75 Å². The van der Waals surface area contributed by atoms with Crippen LogP contribution < -0.4 is 5.43 Å². The number of phenols is 1. The van der Waals surface area contributed by atoms with Crippen LogP contribution in [0, 0.1) is 0 Å². The second-order valence-electron chi connectivity index (χ2n) is 5.62.